The zero-order valence-electron chi connectivity index (χ0n) is 10.3. The Morgan fingerprint density at radius 3 is 2.74 bits per heavy atom. The van der Waals surface area contributed by atoms with Crippen LogP contribution in [0.3, 0.4) is 0 Å². The second-order valence-corrected chi connectivity index (χ2v) is 5.10. The predicted molar refractivity (Wildman–Crippen MR) is 75.7 cm³/mol. The predicted octanol–water partition coefficient (Wildman–Crippen LogP) is 1.69. The van der Waals surface area contributed by atoms with E-state index in [9.17, 15) is 0 Å². The first-order valence-corrected chi connectivity index (χ1v) is 6.56. The lowest BCUT2D eigenvalue weighted by atomic mass is 10.1. The monoisotopic (exact) mass is 324 g/mol. The molecule has 3 rings (SSSR count). The van der Waals surface area contributed by atoms with E-state index in [-0.39, 0.29) is 0 Å². The minimum atomic E-state index is 0.418. The molecule has 0 fully saturated rings. The van der Waals surface area contributed by atoms with Gasteiger partial charge in [0.2, 0.25) is 0 Å². The molecule has 1 aliphatic heterocycles. The third-order valence-corrected chi connectivity index (χ3v) is 3.58. The molecule has 0 unspecified atom stereocenters. The zero-order valence-corrected chi connectivity index (χ0v) is 11.9. The van der Waals surface area contributed by atoms with Gasteiger partial charge in [-0.05, 0) is 35.0 Å². The summed E-state index contributed by atoms with van der Waals surface area (Å²) in [5.41, 5.74) is 7.42. The smallest absolute Gasteiger partial charge is 0.175 e. The second-order valence-electron chi connectivity index (χ2n) is 4.25. The quantitative estimate of drug-likeness (QED) is 0.779. The van der Waals surface area contributed by atoms with Crippen molar-refractivity contribution >= 4 is 21.7 Å². The highest BCUT2D eigenvalue weighted by Gasteiger charge is 2.20. The maximum atomic E-state index is 5.95. The lowest BCUT2D eigenvalue weighted by Gasteiger charge is -2.20. The lowest BCUT2D eigenvalue weighted by Crippen LogP contribution is -2.15. The van der Waals surface area contributed by atoms with Gasteiger partial charge in [0.1, 0.15) is 24.7 Å². The van der Waals surface area contributed by atoms with Gasteiger partial charge in [-0.3, -0.25) is 0 Å². The molecule has 0 radical (unpaired) electrons. The summed E-state index contributed by atoms with van der Waals surface area (Å²) in [6, 6.07) is 3.75. The van der Waals surface area contributed by atoms with Crippen LogP contribution in [0.25, 0.3) is 11.3 Å². The third kappa shape index (κ3) is 1.90. The molecular weight excluding hydrogens is 312 g/mol. The molecule has 1 aromatic carbocycles. The number of halogens is 1. The van der Waals surface area contributed by atoms with Gasteiger partial charge in [0.05, 0.1) is 4.47 Å². The van der Waals surface area contributed by atoms with Gasteiger partial charge in [0.25, 0.3) is 0 Å². The fourth-order valence-electron chi connectivity index (χ4n) is 2.02. The molecule has 0 bridgehead atoms. The molecule has 19 heavy (non-hydrogen) atoms. The van der Waals surface area contributed by atoms with Crippen LogP contribution in [0, 0.1) is 6.92 Å². The fourth-order valence-corrected chi connectivity index (χ4v) is 2.58. The van der Waals surface area contributed by atoms with E-state index in [1.807, 2.05) is 12.1 Å². The number of benzene rings is 1. The summed E-state index contributed by atoms with van der Waals surface area (Å²) >= 11 is 3.47. The number of rotatable bonds is 1. The van der Waals surface area contributed by atoms with Crippen molar-refractivity contribution in [2.75, 3.05) is 24.8 Å². The van der Waals surface area contributed by atoms with E-state index < -0.39 is 0 Å². The van der Waals surface area contributed by atoms with Crippen molar-refractivity contribution < 1.29 is 9.47 Å². The van der Waals surface area contributed by atoms with E-state index in [1.54, 1.807) is 6.92 Å². The van der Waals surface area contributed by atoms with E-state index in [0.717, 1.165) is 10.0 Å². The summed E-state index contributed by atoms with van der Waals surface area (Å²) in [5, 5.41) is 0. The van der Waals surface area contributed by atoms with E-state index in [4.69, 9.17) is 21.1 Å². The molecule has 0 aliphatic carbocycles. The SMILES string of the molecule is Cc1nc(-c2cc(Br)c3c(c2)OCCO3)c(N)n1N. The van der Waals surface area contributed by atoms with Crippen LogP contribution in [-0.4, -0.2) is 22.9 Å². The normalized spacial score (nSPS) is 13.6. The van der Waals surface area contributed by atoms with Crippen LogP contribution in [0.15, 0.2) is 16.6 Å². The van der Waals surface area contributed by atoms with Crippen LogP contribution in [0.1, 0.15) is 5.82 Å². The van der Waals surface area contributed by atoms with Crippen LogP contribution in [0.5, 0.6) is 11.5 Å². The highest BCUT2D eigenvalue weighted by atomic mass is 79.9. The molecule has 0 saturated heterocycles. The molecule has 2 heterocycles. The number of ether oxygens (including phenoxy) is 2. The maximum absolute atomic E-state index is 5.95. The van der Waals surface area contributed by atoms with Gasteiger partial charge in [-0.15, -0.1) is 0 Å². The molecule has 6 nitrogen and oxygen atoms in total. The number of anilines is 1. The zero-order chi connectivity index (χ0) is 13.6. The van der Waals surface area contributed by atoms with Crippen molar-refractivity contribution in [2.24, 2.45) is 0 Å². The van der Waals surface area contributed by atoms with Crippen LogP contribution >= 0.6 is 15.9 Å². The van der Waals surface area contributed by atoms with Gasteiger partial charge in [-0.1, -0.05) is 0 Å². The number of hydrogen-bond donors (Lipinski definition) is 2. The molecule has 0 spiro atoms. The second kappa shape index (κ2) is 4.34. The summed E-state index contributed by atoms with van der Waals surface area (Å²) in [6.45, 7) is 2.87. The molecule has 7 heteroatoms. The number of aryl methyl sites for hydroxylation is 1. The van der Waals surface area contributed by atoms with Gasteiger partial charge in [-0.25, -0.2) is 9.66 Å². The highest BCUT2D eigenvalue weighted by Crippen LogP contribution is 2.41. The van der Waals surface area contributed by atoms with Gasteiger partial charge in [0, 0.05) is 5.56 Å². The molecule has 0 amide bonds. The number of hydrogen-bond acceptors (Lipinski definition) is 5. The minimum Gasteiger partial charge on any atom is -0.486 e. The molecule has 0 atom stereocenters. The molecular formula is C12H13BrN4O2. The van der Waals surface area contributed by atoms with Crippen LogP contribution in [0.2, 0.25) is 0 Å². The fraction of sp³-hybridized carbons (Fsp3) is 0.250. The molecule has 100 valence electrons. The Bertz CT molecular complexity index is 654. The average Bonchev–Trinajstić information content (AvgIpc) is 2.66. The van der Waals surface area contributed by atoms with Gasteiger partial charge >= 0.3 is 0 Å². The van der Waals surface area contributed by atoms with Gasteiger partial charge in [-0.2, -0.15) is 0 Å². The maximum Gasteiger partial charge on any atom is 0.175 e. The van der Waals surface area contributed by atoms with Crippen molar-refractivity contribution in [1.29, 1.82) is 0 Å². The minimum absolute atomic E-state index is 0.418. The third-order valence-electron chi connectivity index (χ3n) is 2.99. The topological polar surface area (TPSA) is 88.3 Å². The van der Waals surface area contributed by atoms with E-state index in [1.165, 1.54) is 4.68 Å². The first kappa shape index (κ1) is 12.2. The number of nitrogens with zero attached hydrogens (tertiary/aromatic N) is 2. The Hall–Kier alpha value is -1.89. The van der Waals surface area contributed by atoms with E-state index in [2.05, 4.69) is 20.9 Å². The Morgan fingerprint density at radius 1 is 1.32 bits per heavy atom. The van der Waals surface area contributed by atoms with Crippen molar-refractivity contribution in [3.05, 3.63) is 22.4 Å². The molecule has 4 N–H and O–H groups in total. The number of nitrogen functional groups attached to an aromatic ring is 2. The molecule has 2 aromatic rings. The van der Waals surface area contributed by atoms with Gasteiger partial charge < -0.3 is 21.1 Å². The van der Waals surface area contributed by atoms with Crippen molar-refractivity contribution in [3.8, 4) is 22.8 Å². The van der Waals surface area contributed by atoms with Crippen molar-refractivity contribution in [1.82, 2.24) is 9.66 Å². The number of fused-ring (bicyclic) bond motifs is 1. The van der Waals surface area contributed by atoms with E-state index in [0.29, 0.717) is 42.0 Å². The van der Waals surface area contributed by atoms with Crippen LogP contribution in [-0.2, 0) is 0 Å². The Balaban J connectivity index is 2.15. The summed E-state index contributed by atoms with van der Waals surface area (Å²) in [4.78, 5) is 4.37. The lowest BCUT2D eigenvalue weighted by molar-refractivity contribution is 0.170. The first-order valence-electron chi connectivity index (χ1n) is 5.77. The Kier molecular flexibility index (Phi) is 2.78. The molecule has 1 aromatic heterocycles. The summed E-state index contributed by atoms with van der Waals surface area (Å²) in [5.74, 6) is 8.23. The average molecular weight is 325 g/mol. The first-order chi connectivity index (χ1) is 9.08. The molecule has 0 saturated carbocycles. The largest absolute Gasteiger partial charge is 0.486 e. The summed E-state index contributed by atoms with van der Waals surface area (Å²) < 4.78 is 13.3. The molecule has 1 aliphatic rings. The van der Waals surface area contributed by atoms with E-state index >= 15 is 0 Å². The highest BCUT2D eigenvalue weighted by molar-refractivity contribution is 9.10. The van der Waals surface area contributed by atoms with Crippen LogP contribution in [0.4, 0.5) is 5.82 Å². The van der Waals surface area contributed by atoms with Crippen LogP contribution < -0.4 is 21.1 Å². The number of aromatic nitrogens is 2. The standard InChI is InChI=1S/C12H13BrN4O2/c1-6-16-10(12(14)17(6)15)7-4-8(13)11-9(5-7)18-2-3-19-11/h4-5H,2-3,14-15H2,1H3. The number of imidazole rings is 1. The van der Waals surface area contributed by atoms with Crippen molar-refractivity contribution in [2.45, 2.75) is 6.92 Å². The summed E-state index contributed by atoms with van der Waals surface area (Å²) in [7, 11) is 0. The number of nitrogens with two attached hydrogens (primary N) is 2. The van der Waals surface area contributed by atoms with Crippen molar-refractivity contribution in [3.63, 3.8) is 0 Å². The Morgan fingerprint density at radius 2 is 2.05 bits per heavy atom. The van der Waals surface area contributed by atoms with Gasteiger partial charge in [0.15, 0.2) is 17.3 Å². The summed E-state index contributed by atoms with van der Waals surface area (Å²) in [6.07, 6.45) is 0. The Labute approximate surface area is 118 Å².